The van der Waals surface area contributed by atoms with Gasteiger partial charge in [-0.25, -0.2) is 9.78 Å². The summed E-state index contributed by atoms with van der Waals surface area (Å²) >= 11 is 5.77. The van der Waals surface area contributed by atoms with Gasteiger partial charge in [0.2, 0.25) is 5.88 Å². The lowest BCUT2D eigenvalue weighted by atomic mass is 10.0. The van der Waals surface area contributed by atoms with Crippen LogP contribution < -0.4 is 4.74 Å². The quantitative estimate of drug-likeness (QED) is 0.851. The minimum Gasteiger partial charge on any atom is -0.477 e. The SMILES string of the molecule is CC(C)c1ccc(Oc2nc(Cl)ccc2C(=O)O)cc1. The number of carbonyl (C=O) groups is 1. The molecule has 1 aromatic carbocycles. The number of hydrogen-bond acceptors (Lipinski definition) is 3. The van der Waals surface area contributed by atoms with E-state index in [0.29, 0.717) is 11.7 Å². The standard InChI is InChI=1S/C15H14ClNO3/c1-9(2)10-3-5-11(6-4-10)20-14-12(15(18)19)7-8-13(16)17-14/h3-9H,1-2H3,(H,18,19). The maximum Gasteiger partial charge on any atom is 0.341 e. The molecule has 0 radical (unpaired) electrons. The van der Waals surface area contributed by atoms with Gasteiger partial charge in [0.25, 0.3) is 0 Å². The number of carboxylic acids is 1. The van der Waals surface area contributed by atoms with E-state index in [1.54, 1.807) is 12.1 Å². The lowest BCUT2D eigenvalue weighted by Gasteiger charge is -2.09. The van der Waals surface area contributed by atoms with Gasteiger partial charge in [0, 0.05) is 0 Å². The third-order valence-corrected chi connectivity index (χ3v) is 3.03. The summed E-state index contributed by atoms with van der Waals surface area (Å²) in [5, 5.41) is 9.27. The second-order valence-electron chi connectivity index (χ2n) is 4.62. The molecule has 1 heterocycles. The summed E-state index contributed by atoms with van der Waals surface area (Å²) in [4.78, 5) is 15.0. The maximum atomic E-state index is 11.1. The van der Waals surface area contributed by atoms with Gasteiger partial charge in [-0.3, -0.25) is 0 Å². The predicted octanol–water partition coefficient (Wildman–Crippen LogP) is 4.35. The van der Waals surface area contributed by atoms with Crippen molar-refractivity contribution in [2.24, 2.45) is 0 Å². The van der Waals surface area contributed by atoms with E-state index < -0.39 is 5.97 Å². The Hall–Kier alpha value is -2.07. The fraction of sp³-hybridized carbons (Fsp3) is 0.200. The number of nitrogens with zero attached hydrogens (tertiary/aromatic N) is 1. The highest BCUT2D eigenvalue weighted by Gasteiger charge is 2.14. The van der Waals surface area contributed by atoms with Crippen LogP contribution in [0.4, 0.5) is 0 Å². The minimum absolute atomic E-state index is 0.0118. The molecule has 1 N–H and O–H groups in total. The zero-order valence-corrected chi connectivity index (χ0v) is 11.9. The molecule has 0 bridgehead atoms. The van der Waals surface area contributed by atoms with E-state index in [-0.39, 0.29) is 16.6 Å². The van der Waals surface area contributed by atoms with E-state index >= 15 is 0 Å². The number of aromatic nitrogens is 1. The molecule has 1 aromatic heterocycles. The van der Waals surface area contributed by atoms with Crippen molar-refractivity contribution in [2.75, 3.05) is 0 Å². The maximum absolute atomic E-state index is 11.1. The molecule has 4 nitrogen and oxygen atoms in total. The molecule has 0 spiro atoms. The predicted molar refractivity (Wildman–Crippen MR) is 76.8 cm³/mol. The van der Waals surface area contributed by atoms with Crippen LogP contribution in [0, 0.1) is 0 Å². The molecule has 0 aliphatic heterocycles. The highest BCUT2D eigenvalue weighted by molar-refractivity contribution is 6.29. The van der Waals surface area contributed by atoms with Crippen LogP contribution in [0.2, 0.25) is 5.15 Å². The number of ether oxygens (including phenoxy) is 1. The van der Waals surface area contributed by atoms with Gasteiger partial charge in [-0.05, 0) is 35.7 Å². The number of hydrogen-bond donors (Lipinski definition) is 1. The Morgan fingerprint density at radius 2 is 1.85 bits per heavy atom. The third-order valence-electron chi connectivity index (χ3n) is 2.82. The number of aromatic carboxylic acids is 1. The van der Waals surface area contributed by atoms with Crippen molar-refractivity contribution in [3.05, 3.63) is 52.7 Å². The van der Waals surface area contributed by atoms with Gasteiger partial charge in [-0.2, -0.15) is 0 Å². The molecule has 20 heavy (non-hydrogen) atoms. The Morgan fingerprint density at radius 3 is 2.40 bits per heavy atom. The summed E-state index contributed by atoms with van der Waals surface area (Å²) in [6.45, 7) is 4.19. The lowest BCUT2D eigenvalue weighted by molar-refractivity contribution is 0.0693. The first kappa shape index (κ1) is 14.3. The van der Waals surface area contributed by atoms with E-state index in [0.717, 1.165) is 0 Å². The van der Waals surface area contributed by atoms with Crippen molar-refractivity contribution in [2.45, 2.75) is 19.8 Å². The van der Waals surface area contributed by atoms with Crippen LogP contribution in [0.3, 0.4) is 0 Å². The zero-order valence-electron chi connectivity index (χ0n) is 11.1. The molecule has 0 saturated heterocycles. The van der Waals surface area contributed by atoms with Crippen LogP contribution in [-0.4, -0.2) is 16.1 Å². The molecule has 2 aromatic rings. The Kier molecular flexibility index (Phi) is 4.25. The van der Waals surface area contributed by atoms with Crippen LogP contribution in [0.15, 0.2) is 36.4 Å². The van der Waals surface area contributed by atoms with E-state index in [1.807, 2.05) is 12.1 Å². The second kappa shape index (κ2) is 5.92. The van der Waals surface area contributed by atoms with Crippen LogP contribution in [0.25, 0.3) is 0 Å². The molecular weight excluding hydrogens is 278 g/mol. The molecule has 0 aliphatic carbocycles. The van der Waals surface area contributed by atoms with Crippen LogP contribution >= 0.6 is 11.6 Å². The Balaban J connectivity index is 2.29. The minimum atomic E-state index is -1.11. The van der Waals surface area contributed by atoms with E-state index in [4.69, 9.17) is 21.4 Å². The Bertz CT molecular complexity index is 624. The molecule has 2 rings (SSSR count). The van der Waals surface area contributed by atoms with Gasteiger partial charge in [-0.1, -0.05) is 37.6 Å². The van der Waals surface area contributed by atoms with Gasteiger partial charge < -0.3 is 9.84 Å². The Morgan fingerprint density at radius 1 is 1.20 bits per heavy atom. The molecule has 0 saturated carbocycles. The van der Waals surface area contributed by atoms with Crippen LogP contribution in [0.5, 0.6) is 11.6 Å². The Labute approximate surface area is 122 Å². The molecule has 0 atom stereocenters. The topological polar surface area (TPSA) is 59.4 Å². The van der Waals surface area contributed by atoms with Crippen molar-refractivity contribution in [1.29, 1.82) is 0 Å². The fourth-order valence-corrected chi connectivity index (χ4v) is 1.83. The first-order valence-electron chi connectivity index (χ1n) is 6.15. The normalized spacial score (nSPS) is 10.6. The summed E-state index contributed by atoms with van der Waals surface area (Å²) in [6.07, 6.45) is 0. The van der Waals surface area contributed by atoms with Crippen molar-refractivity contribution < 1.29 is 14.6 Å². The van der Waals surface area contributed by atoms with Crippen molar-refractivity contribution >= 4 is 17.6 Å². The molecule has 0 aliphatic rings. The summed E-state index contributed by atoms with van der Waals surface area (Å²) < 4.78 is 5.51. The van der Waals surface area contributed by atoms with Gasteiger partial charge >= 0.3 is 5.97 Å². The first-order chi connectivity index (χ1) is 9.47. The van der Waals surface area contributed by atoms with Crippen molar-refractivity contribution in [3.63, 3.8) is 0 Å². The van der Waals surface area contributed by atoms with Crippen molar-refractivity contribution in [1.82, 2.24) is 4.98 Å². The average Bonchev–Trinajstić information content (AvgIpc) is 2.39. The number of benzene rings is 1. The van der Waals surface area contributed by atoms with E-state index in [1.165, 1.54) is 17.7 Å². The fourth-order valence-electron chi connectivity index (χ4n) is 1.69. The molecule has 0 fully saturated rings. The van der Waals surface area contributed by atoms with E-state index in [2.05, 4.69) is 18.8 Å². The molecular formula is C15H14ClNO3. The van der Waals surface area contributed by atoms with Crippen LogP contribution in [0.1, 0.15) is 35.7 Å². The zero-order chi connectivity index (χ0) is 14.7. The smallest absolute Gasteiger partial charge is 0.341 e. The van der Waals surface area contributed by atoms with E-state index in [9.17, 15) is 4.79 Å². The second-order valence-corrected chi connectivity index (χ2v) is 5.00. The summed E-state index contributed by atoms with van der Waals surface area (Å²) in [7, 11) is 0. The summed E-state index contributed by atoms with van der Waals surface area (Å²) in [5.74, 6) is -0.181. The lowest BCUT2D eigenvalue weighted by Crippen LogP contribution is -2.02. The number of carboxylic acid groups (broad SMARTS) is 1. The highest BCUT2D eigenvalue weighted by atomic mass is 35.5. The van der Waals surface area contributed by atoms with Crippen LogP contribution in [-0.2, 0) is 0 Å². The van der Waals surface area contributed by atoms with Gasteiger partial charge in [0.05, 0.1) is 0 Å². The van der Waals surface area contributed by atoms with Gasteiger partial charge in [-0.15, -0.1) is 0 Å². The first-order valence-corrected chi connectivity index (χ1v) is 6.53. The highest BCUT2D eigenvalue weighted by Crippen LogP contribution is 2.26. The molecule has 0 unspecified atom stereocenters. The molecule has 0 amide bonds. The summed E-state index contributed by atoms with van der Waals surface area (Å²) in [5.41, 5.74) is 1.15. The number of pyridine rings is 1. The molecule has 5 heteroatoms. The third kappa shape index (κ3) is 3.27. The summed E-state index contributed by atoms with van der Waals surface area (Å²) in [6, 6.07) is 10.2. The number of rotatable bonds is 4. The van der Waals surface area contributed by atoms with Crippen molar-refractivity contribution in [3.8, 4) is 11.6 Å². The number of halogens is 1. The average molecular weight is 292 g/mol. The largest absolute Gasteiger partial charge is 0.477 e. The van der Waals surface area contributed by atoms with Gasteiger partial charge in [0.1, 0.15) is 16.5 Å². The molecule has 104 valence electrons. The van der Waals surface area contributed by atoms with Gasteiger partial charge in [0.15, 0.2) is 0 Å². The monoisotopic (exact) mass is 291 g/mol.